The van der Waals surface area contributed by atoms with E-state index in [1.807, 2.05) is 24.3 Å². The summed E-state index contributed by atoms with van der Waals surface area (Å²) in [6.45, 7) is 2.42. The van der Waals surface area contributed by atoms with Crippen LogP contribution >= 0.6 is 0 Å². The van der Waals surface area contributed by atoms with Gasteiger partial charge in [0.15, 0.2) is 0 Å². The molecule has 0 aliphatic rings. The largest absolute Gasteiger partial charge is 0.497 e. The first-order valence-corrected chi connectivity index (χ1v) is 8.31. The molecule has 1 unspecified atom stereocenters. The number of anilines is 1. The second kappa shape index (κ2) is 11.4. The van der Waals surface area contributed by atoms with Crippen molar-refractivity contribution < 1.29 is 9.84 Å². The number of hydrogen-bond acceptors (Lipinski definition) is 3. The minimum atomic E-state index is 0.132. The van der Waals surface area contributed by atoms with E-state index in [4.69, 9.17) is 4.74 Å². The maximum absolute atomic E-state index is 9.49. The van der Waals surface area contributed by atoms with Crippen molar-refractivity contribution in [3.8, 4) is 5.75 Å². The van der Waals surface area contributed by atoms with Gasteiger partial charge in [0.05, 0.1) is 13.7 Å². The first-order chi connectivity index (χ1) is 10.3. The van der Waals surface area contributed by atoms with Gasteiger partial charge in [-0.2, -0.15) is 0 Å². The van der Waals surface area contributed by atoms with Gasteiger partial charge in [0.1, 0.15) is 5.75 Å². The van der Waals surface area contributed by atoms with Crippen molar-refractivity contribution in [3.05, 3.63) is 24.3 Å². The molecule has 0 radical (unpaired) electrons. The zero-order valence-corrected chi connectivity index (χ0v) is 13.6. The van der Waals surface area contributed by atoms with Crippen molar-refractivity contribution in [3.63, 3.8) is 0 Å². The molecule has 1 atom stereocenters. The van der Waals surface area contributed by atoms with Crippen LogP contribution in [0.4, 0.5) is 5.69 Å². The number of aliphatic hydroxyl groups is 1. The maximum Gasteiger partial charge on any atom is 0.120 e. The first kappa shape index (κ1) is 17.8. The number of aliphatic hydroxyl groups excluding tert-OH is 1. The van der Waals surface area contributed by atoms with E-state index in [9.17, 15) is 5.11 Å². The summed E-state index contributed by atoms with van der Waals surface area (Å²) in [7, 11) is 1.67. The third kappa shape index (κ3) is 7.96. The number of ether oxygens (including phenoxy) is 1. The van der Waals surface area contributed by atoms with Crippen molar-refractivity contribution in [1.29, 1.82) is 0 Å². The third-order valence-corrected chi connectivity index (χ3v) is 3.82. The Hall–Kier alpha value is -1.22. The Bertz CT molecular complexity index is 368. The van der Waals surface area contributed by atoms with Gasteiger partial charge in [-0.1, -0.05) is 57.9 Å². The molecule has 0 amide bonds. The minimum Gasteiger partial charge on any atom is -0.497 e. The van der Waals surface area contributed by atoms with Crippen molar-refractivity contribution in [2.24, 2.45) is 0 Å². The molecule has 0 saturated carbocycles. The molecule has 0 aromatic heterocycles. The molecule has 2 N–H and O–H groups in total. The van der Waals surface area contributed by atoms with Crippen LogP contribution in [0.5, 0.6) is 5.75 Å². The van der Waals surface area contributed by atoms with Crippen LogP contribution in [0.3, 0.4) is 0 Å². The van der Waals surface area contributed by atoms with Crippen LogP contribution in [0.1, 0.15) is 58.3 Å². The van der Waals surface area contributed by atoms with Crippen LogP contribution < -0.4 is 10.1 Å². The Morgan fingerprint density at radius 3 is 2.48 bits per heavy atom. The van der Waals surface area contributed by atoms with Crippen LogP contribution in [-0.4, -0.2) is 24.9 Å². The molecule has 3 heteroatoms. The molecule has 21 heavy (non-hydrogen) atoms. The monoisotopic (exact) mass is 293 g/mol. The van der Waals surface area contributed by atoms with Gasteiger partial charge in [-0.3, -0.25) is 0 Å². The van der Waals surface area contributed by atoms with Crippen LogP contribution in [0.25, 0.3) is 0 Å². The quantitative estimate of drug-likeness (QED) is 0.553. The molecule has 0 bridgehead atoms. The molecule has 1 aromatic carbocycles. The van der Waals surface area contributed by atoms with Crippen molar-refractivity contribution in [2.45, 2.75) is 64.3 Å². The fourth-order valence-corrected chi connectivity index (χ4v) is 2.51. The average molecular weight is 293 g/mol. The molecule has 1 rings (SSSR count). The van der Waals surface area contributed by atoms with Gasteiger partial charge in [-0.25, -0.2) is 0 Å². The second-order valence-electron chi connectivity index (χ2n) is 5.67. The standard InChI is InChI=1S/C18H31NO2/c1-3-4-5-6-7-8-9-11-17(15-20)19-16-12-10-13-18(14-16)21-2/h10,12-14,17,19-20H,3-9,11,15H2,1-2H3. The normalized spacial score (nSPS) is 12.1. The lowest BCUT2D eigenvalue weighted by molar-refractivity contribution is 0.266. The molecule has 1 aromatic rings. The predicted octanol–water partition coefficient (Wildman–Crippen LogP) is 4.61. The highest BCUT2D eigenvalue weighted by Crippen LogP contribution is 2.19. The Kier molecular flexibility index (Phi) is 9.71. The van der Waals surface area contributed by atoms with E-state index in [-0.39, 0.29) is 12.6 Å². The van der Waals surface area contributed by atoms with Gasteiger partial charge in [0.2, 0.25) is 0 Å². The summed E-state index contributed by atoms with van der Waals surface area (Å²) >= 11 is 0. The van der Waals surface area contributed by atoms with Crippen LogP contribution in [-0.2, 0) is 0 Å². The van der Waals surface area contributed by atoms with Crippen LogP contribution in [0.2, 0.25) is 0 Å². The maximum atomic E-state index is 9.49. The lowest BCUT2D eigenvalue weighted by Gasteiger charge is -2.18. The fraction of sp³-hybridized carbons (Fsp3) is 0.667. The van der Waals surface area contributed by atoms with E-state index in [2.05, 4.69) is 12.2 Å². The Morgan fingerprint density at radius 1 is 1.10 bits per heavy atom. The zero-order chi connectivity index (χ0) is 15.3. The van der Waals surface area contributed by atoms with Gasteiger partial charge >= 0.3 is 0 Å². The van der Waals surface area contributed by atoms with E-state index < -0.39 is 0 Å². The number of hydrogen-bond donors (Lipinski definition) is 2. The highest BCUT2D eigenvalue weighted by Gasteiger charge is 2.07. The summed E-state index contributed by atoms with van der Waals surface area (Å²) in [5, 5.41) is 12.9. The molecule has 0 fully saturated rings. The number of rotatable bonds is 12. The topological polar surface area (TPSA) is 41.5 Å². The summed E-state index contributed by atoms with van der Waals surface area (Å²) in [6.07, 6.45) is 10.1. The Labute approximate surface area is 129 Å². The predicted molar refractivity (Wildman–Crippen MR) is 90.1 cm³/mol. The van der Waals surface area contributed by atoms with Crippen molar-refractivity contribution >= 4 is 5.69 Å². The summed E-state index contributed by atoms with van der Waals surface area (Å²) in [4.78, 5) is 0. The molecule has 0 heterocycles. The van der Waals surface area contributed by atoms with Gasteiger partial charge in [0, 0.05) is 17.8 Å². The Morgan fingerprint density at radius 2 is 1.81 bits per heavy atom. The van der Waals surface area contributed by atoms with E-state index in [1.165, 1.54) is 44.9 Å². The highest BCUT2D eigenvalue weighted by molar-refractivity contribution is 5.48. The Balaban J connectivity index is 2.22. The number of nitrogens with one attached hydrogen (secondary N) is 1. The van der Waals surface area contributed by atoms with Gasteiger partial charge in [-0.05, 0) is 18.6 Å². The lowest BCUT2D eigenvalue weighted by atomic mass is 10.1. The van der Waals surface area contributed by atoms with Crippen molar-refractivity contribution in [1.82, 2.24) is 0 Å². The summed E-state index contributed by atoms with van der Waals surface area (Å²) in [6, 6.07) is 8.00. The van der Waals surface area contributed by atoms with Gasteiger partial charge < -0.3 is 15.2 Å². The summed E-state index contributed by atoms with van der Waals surface area (Å²) in [5.41, 5.74) is 1.01. The highest BCUT2D eigenvalue weighted by atomic mass is 16.5. The minimum absolute atomic E-state index is 0.132. The fourth-order valence-electron chi connectivity index (χ4n) is 2.51. The molecule has 0 spiro atoms. The molecular weight excluding hydrogens is 262 g/mol. The zero-order valence-electron chi connectivity index (χ0n) is 13.6. The molecule has 0 aliphatic carbocycles. The molecule has 0 saturated heterocycles. The van der Waals surface area contributed by atoms with Crippen LogP contribution in [0, 0.1) is 0 Å². The van der Waals surface area contributed by atoms with E-state index in [1.54, 1.807) is 7.11 Å². The summed E-state index contributed by atoms with van der Waals surface area (Å²) < 4.78 is 5.21. The molecular formula is C18H31NO2. The second-order valence-corrected chi connectivity index (χ2v) is 5.67. The number of methoxy groups -OCH3 is 1. The smallest absolute Gasteiger partial charge is 0.120 e. The number of benzene rings is 1. The molecule has 0 aliphatic heterocycles. The third-order valence-electron chi connectivity index (χ3n) is 3.82. The number of unbranched alkanes of at least 4 members (excludes halogenated alkanes) is 6. The average Bonchev–Trinajstić information content (AvgIpc) is 2.53. The first-order valence-electron chi connectivity index (χ1n) is 8.31. The van der Waals surface area contributed by atoms with Crippen LogP contribution in [0.15, 0.2) is 24.3 Å². The van der Waals surface area contributed by atoms with E-state index in [0.29, 0.717) is 0 Å². The van der Waals surface area contributed by atoms with Crippen molar-refractivity contribution in [2.75, 3.05) is 19.0 Å². The molecule has 3 nitrogen and oxygen atoms in total. The van der Waals surface area contributed by atoms with E-state index >= 15 is 0 Å². The van der Waals surface area contributed by atoms with Gasteiger partial charge in [0.25, 0.3) is 0 Å². The molecule has 120 valence electrons. The lowest BCUT2D eigenvalue weighted by Crippen LogP contribution is -2.23. The SMILES string of the molecule is CCCCCCCCCC(CO)Nc1cccc(OC)c1. The summed E-state index contributed by atoms with van der Waals surface area (Å²) in [5.74, 6) is 0.840. The van der Waals surface area contributed by atoms with E-state index in [0.717, 1.165) is 17.9 Å². The van der Waals surface area contributed by atoms with Gasteiger partial charge in [-0.15, -0.1) is 0 Å².